The van der Waals surface area contributed by atoms with E-state index in [1.807, 2.05) is 31.2 Å². The SMILES string of the molecule is CCN(C(=O)CSc1ccc(F)cc1F)c1nc2ccccc2s1. The number of amides is 1. The van der Waals surface area contributed by atoms with E-state index >= 15 is 0 Å². The Morgan fingerprint density at radius 1 is 1.25 bits per heavy atom. The molecule has 0 unspecified atom stereocenters. The van der Waals surface area contributed by atoms with Gasteiger partial charge in [0.05, 0.1) is 16.0 Å². The number of aromatic nitrogens is 1. The Kier molecular flexibility index (Phi) is 5.11. The number of anilines is 1. The van der Waals surface area contributed by atoms with E-state index < -0.39 is 11.6 Å². The van der Waals surface area contributed by atoms with Gasteiger partial charge in [-0.15, -0.1) is 11.8 Å². The minimum Gasteiger partial charge on any atom is -0.288 e. The van der Waals surface area contributed by atoms with Gasteiger partial charge in [0.25, 0.3) is 0 Å². The van der Waals surface area contributed by atoms with Gasteiger partial charge < -0.3 is 0 Å². The molecule has 0 fully saturated rings. The molecule has 0 atom stereocenters. The maximum Gasteiger partial charge on any atom is 0.239 e. The number of hydrogen-bond acceptors (Lipinski definition) is 4. The van der Waals surface area contributed by atoms with Crippen LogP contribution in [0.4, 0.5) is 13.9 Å². The first-order valence-corrected chi connectivity index (χ1v) is 9.12. The lowest BCUT2D eigenvalue weighted by Crippen LogP contribution is -2.32. The Morgan fingerprint density at radius 3 is 2.75 bits per heavy atom. The zero-order valence-electron chi connectivity index (χ0n) is 12.8. The van der Waals surface area contributed by atoms with Crippen molar-refractivity contribution in [3.63, 3.8) is 0 Å². The van der Waals surface area contributed by atoms with Gasteiger partial charge in [-0.3, -0.25) is 9.69 Å². The summed E-state index contributed by atoms with van der Waals surface area (Å²) in [5.41, 5.74) is 0.848. The number of carbonyl (C=O) groups excluding carboxylic acids is 1. The van der Waals surface area contributed by atoms with Crippen LogP contribution in [0.2, 0.25) is 0 Å². The third-order valence-corrected chi connectivity index (χ3v) is 5.47. The topological polar surface area (TPSA) is 33.2 Å². The van der Waals surface area contributed by atoms with Crippen LogP contribution in [0.1, 0.15) is 6.92 Å². The molecule has 0 radical (unpaired) electrons. The fourth-order valence-electron chi connectivity index (χ4n) is 2.20. The van der Waals surface area contributed by atoms with Crippen LogP contribution in [0.25, 0.3) is 10.2 Å². The molecule has 0 aliphatic heterocycles. The number of carbonyl (C=O) groups is 1. The number of hydrogen-bond donors (Lipinski definition) is 0. The Hall–Kier alpha value is -1.99. The van der Waals surface area contributed by atoms with Gasteiger partial charge in [0, 0.05) is 17.5 Å². The van der Waals surface area contributed by atoms with Gasteiger partial charge in [-0.1, -0.05) is 23.5 Å². The fraction of sp³-hybridized carbons (Fsp3) is 0.176. The molecular weight excluding hydrogens is 350 g/mol. The van der Waals surface area contributed by atoms with Crippen LogP contribution < -0.4 is 4.90 Å². The highest BCUT2D eigenvalue weighted by molar-refractivity contribution is 8.00. The minimum absolute atomic E-state index is 0.0618. The van der Waals surface area contributed by atoms with Crippen molar-refractivity contribution in [2.24, 2.45) is 0 Å². The van der Waals surface area contributed by atoms with Gasteiger partial charge in [0.15, 0.2) is 5.13 Å². The van der Waals surface area contributed by atoms with E-state index in [-0.39, 0.29) is 16.6 Å². The average Bonchev–Trinajstić information content (AvgIpc) is 2.98. The Morgan fingerprint density at radius 2 is 2.04 bits per heavy atom. The predicted molar refractivity (Wildman–Crippen MR) is 94.7 cm³/mol. The molecule has 24 heavy (non-hydrogen) atoms. The largest absolute Gasteiger partial charge is 0.288 e. The summed E-state index contributed by atoms with van der Waals surface area (Å²) in [6.07, 6.45) is 0. The standard InChI is InChI=1S/C17H14F2N2OS2/c1-2-21(17-20-13-5-3-4-6-15(13)24-17)16(22)10-23-14-8-7-11(18)9-12(14)19/h3-9H,2,10H2,1H3. The van der Waals surface area contributed by atoms with E-state index in [4.69, 9.17) is 0 Å². The molecule has 0 saturated heterocycles. The van der Waals surface area contributed by atoms with Crippen LogP contribution in [0.15, 0.2) is 47.4 Å². The second-order valence-corrected chi connectivity index (χ2v) is 6.99. The normalized spacial score (nSPS) is 11.0. The van der Waals surface area contributed by atoms with Crippen LogP contribution in [0.3, 0.4) is 0 Å². The van der Waals surface area contributed by atoms with Crippen molar-refractivity contribution in [1.82, 2.24) is 4.98 Å². The Balaban J connectivity index is 1.74. The summed E-state index contributed by atoms with van der Waals surface area (Å²) in [7, 11) is 0. The number of fused-ring (bicyclic) bond motifs is 1. The Labute approximate surface area is 146 Å². The number of thiazole rings is 1. The number of para-hydroxylation sites is 1. The summed E-state index contributed by atoms with van der Waals surface area (Å²) in [4.78, 5) is 18.8. The zero-order chi connectivity index (χ0) is 17.1. The number of halogens is 2. The molecule has 0 saturated carbocycles. The van der Waals surface area contributed by atoms with Gasteiger partial charge in [-0.25, -0.2) is 13.8 Å². The van der Waals surface area contributed by atoms with Gasteiger partial charge in [-0.05, 0) is 31.2 Å². The molecule has 2 aromatic carbocycles. The van der Waals surface area contributed by atoms with Crippen molar-refractivity contribution < 1.29 is 13.6 Å². The van der Waals surface area contributed by atoms with Crippen molar-refractivity contribution in [2.45, 2.75) is 11.8 Å². The molecule has 0 N–H and O–H groups in total. The van der Waals surface area contributed by atoms with Crippen molar-refractivity contribution >= 4 is 44.4 Å². The first-order valence-electron chi connectivity index (χ1n) is 7.32. The molecule has 0 aliphatic rings. The van der Waals surface area contributed by atoms with Crippen LogP contribution in [0, 0.1) is 11.6 Å². The molecule has 0 spiro atoms. The zero-order valence-corrected chi connectivity index (χ0v) is 14.5. The van der Waals surface area contributed by atoms with E-state index in [9.17, 15) is 13.6 Å². The highest BCUT2D eigenvalue weighted by Gasteiger charge is 2.18. The molecule has 0 aliphatic carbocycles. The lowest BCUT2D eigenvalue weighted by Gasteiger charge is -2.17. The second kappa shape index (κ2) is 7.27. The van der Waals surface area contributed by atoms with Crippen molar-refractivity contribution in [3.8, 4) is 0 Å². The van der Waals surface area contributed by atoms with Crippen molar-refractivity contribution in [3.05, 3.63) is 54.1 Å². The number of rotatable bonds is 5. The molecule has 1 aromatic heterocycles. The lowest BCUT2D eigenvalue weighted by atomic mass is 10.3. The van der Waals surface area contributed by atoms with Gasteiger partial charge in [0.2, 0.25) is 5.91 Å². The van der Waals surface area contributed by atoms with E-state index in [1.54, 1.807) is 4.90 Å². The minimum atomic E-state index is -0.657. The smallest absolute Gasteiger partial charge is 0.239 e. The van der Waals surface area contributed by atoms with Gasteiger partial charge >= 0.3 is 0 Å². The maximum atomic E-state index is 13.7. The maximum absolute atomic E-state index is 13.7. The average molecular weight is 364 g/mol. The quantitative estimate of drug-likeness (QED) is 0.614. The summed E-state index contributed by atoms with van der Waals surface area (Å²) in [6.45, 7) is 2.35. The molecule has 1 heterocycles. The fourth-order valence-corrected chi connectivity index (χ4v) is 4.05. The van der Waals surface area contributed by atoms with E-state index in [0.29, 0.717) is 11.7 Å². The van der Waals surface area contributed by atoms with Crippen LogP contribution >= 0.6 is 23.1 Å². The summed E-state index contributed by atoms with van der Waals surface area (Å²) >= 11 is 2.50. The summed E-state index contributed by atoms with van der Waals surface area (Å²) in [5, 5.41) is 0.629. The Bertz CT molecular complexity index is 849. The molecule has 3 nitrogen and oxygen atoms in total. The highest BCUT2D eigenvalue weighted by atomic mass is 32.2. The molecule has 0 bridgehead atoms. The molecule has 1 amide bonds. The van der Waals surface area contributed by atoms with Gasteiger partial charge in [-0.2, -0.15) is 0 Å². The predicted octanol–water partition coefficient (Wildman–Crippen LogP) is 4.72. The number of nitrogens with zero attached hydrogens (tertiary/aromatic N) is 2. The molecular formula is C17H14F2N2OS2. The molecule has 3 rings (SSSR count). The first-order chi connectivity index (χ1) is 11.6. The van der Waals surface area contributed by atoms with Crippen LogP contribution in [-0.2, 0) is 4.79 Å². The van der Waals surface area contributed by atoms with Crippen LogP contribution in [-0.4, -0.2) is 23.2 Å². The van der Waals surface area contributed by atoms with Crippen molar-refractivity contribution in [2.75, 3.05) is 17.2 Å². The van der Waals surface area contributed by atoms with Gasteiger partial charge in [0.1, 0.15) is 11.6 Å². The second-order valence-electron chi connectivity index (χ2n) is 4.97. The highest BCUT2D eigenvalue weighted by Crippen LogP contribution is 2.29. The summed E-state index contributed by atoms with van der Waals surface area (Å²) in [5.74, 6) is -1.39. The number of benzene rings is 2. The van der Waals surface area contributed by atoms with Crippen LogP contribution in [0.5, 0.6) is 0 Å². The summed E-state index contributed by atoms with van der Waals surface area (Å²) < 4.78 is 27.6. The molecule has 124 valence electrons. The molecule has 7 heteroatoms. The van der Waals surface area contributed by atoms with E-state index in [1.165, 1.54) is 23.5 Å². The number of thioether (sulfide) groups is 1. The molecule has 3 aromatic rings. The van der Waals surface area contributed by atoms with E-state index in [0.717, 1.165) is 28.0 Å². The lowest BCUT2D eigenvalue weighted by molar-refractivity contribution is -0.116. The van der Waals surface area contributed by atoms with E-state index in [2.05, 4.69) is 4.98 Å². The van der Waals surface area contributed by atoms with Crippen molar-refractivity contribution in [1.29, 1.82) is 0 Å². The summed E-state index contributed by atoms with van der Waals surface area (Å²) in [6, 6.07) is 11.0. The monoisotopic (exact) mass is 364 g/mol. The first kappa shape index (κ1) is 16.9. The third-order valence-electron chi connectivity index (χ3n) is 3.38. The third kappa shape index (κ3) is 3.57.